The van der Waals surface area contributed by atoms with Gasteiger partial charge in [-0.05, 0) is 25.8 Å². The van der Waals surface area contributed by atoms with Crippen molar-refractivity contribution in [1.29, 1.82) is 0 Å². The second-order valence-electron chi connectivity index (χ2n) is 4.68. The second kappa shape index (κ2) is 6.44. The first-order valence-electron chi connectivity index (χ1n) is 6.55. The first-order chi connectivity index (χ1) is 8.79. The molecule has 1 saturated heterocycles. The minimum Gasteiger partial charge on any atom is -0.346 e. The third-order valence-corrected chi connectivity index (χ3v) is 3.18. The Balaban J connectivity index is 1.86. The summed E-state index contributed by atoms with van der Waals surface area (Å²) in [4.78, 5) is 11.9. The minimum atomic E-state index is -0.136. The van der Waals surface area contributed by atoms with E-state index in [-0.39, 0.29) is 11.9 Å². The number of hydrogen-bond donors (Lipinski definition) is 3. The SMILES string of the molecule is CCCC(NC(=O)CC1CCCN1)c1nn[nH]n1. The van der Waals surface area contributed by atoms with Crippen LogP contribution in [0.5, 0.6) is 0 Å². The Morgan fingerprint density at radius 3 is 3.11 bits per heavy atom. The standard InChI is InChI=1S/C11H20N6O/c1-2-4-9(11-14-16-17-15-11)13-10(18)7-8-5-3-6-12-8/h8-9,12H,2-7H2,1H3,(H,13,18)(H,14,15,16,17). The van der Waals surface area contributed by atoms with Gasteiger partial charge in [0.15, 0.2) is 5.82 Å². The van der Waals surface area contributed by atoms with Crippen LogP contribution < -0.4 is 10.6 Å². The summed E-state index contributed by atoms with van der Waals surface area (Å²) in [6, 6.07) is 0.181. The first kappa shape index (κ1) is 12.9. The zero-order chi connectivity index (χ0) is 12.8. The molecule has 0 spiro atoms. The van der Waals surface area contributed by atoms with Gasteiger partial charge in [0.1, 0.15) is 0 Å². The highest BCUT2D eigenvalue weighted by Crippen LogP contribution is 2.14. The molecule has 18 heavy (non-hydrogen) atoms. The van der Waals surface area contributed by atoms with E-state index in [1.807, 2.05) is 0 Å². The van der Waals surface area contributed by atoms with Gasteiger partial charge in [-0.2, -0.15) is 5.21 Å². The van der Waals surface area contributed by atoms with Crippen molar-refractivity contribution in [2.45, 2.75) is 51.1 Å². The highest BCUT2D eigenvalue weighted by molar-refractivity contribution is 5.77. The van der Waals surface area contributed by atoms with E-state index in [0.717, 1.165) is 32.2 Å². The van der Waals surface area contributed by atoms with Gasteiger partial charge in [0, 0.05) is 12.5 Å². The van der Waals surface area contributed by atoms with Crippen molar-refractivity contribution < 1.29 is 4.79 Å². The number of carbonyl (C=O) groups is 1. The summed E-state index contributed by atoms with van der Waals surface area (Å²) >= 11 is 0. The van der Waals surface area contributed by atoms with E-state index in [4.69, 9.17) is 0 Å². The van der Waals surface area contributed by atoms with Crippen LogP contribution in [0.2, 0.25) is 0 Å². The third-order valence-electron chi connectivity index (χ3n) is 3.18. The molecule has 2 unspecified atom stereocenters. The van der Waals surface area contributed by atoms with E-state index >= 15 is 0 Å². The number of aromatic amines is 1. The lowest BCUT2D eigenvalue weighted by atomic mass is 10.1. The highest BCUT2D eigenvalue weighted by Gasteiger charge is 2.21. The van der Waals surface area contributed by atoms with Crippen molar-refractivity contribution in [3.8, 4) is 0 Å². The largest absolute Gasteiger partial charge is 0.346 e. The second-order valence-corrected chi connectivity index (χ2v) is 4.68. The normalized spacial score (nSPS) is 20.8. The van der Waals surface area contributed by atoms with E-state index in [1.165, 1.54) is 0 Å². The predicted octanol–water partition coefficient (Wildman–Crippen LogP) is 0.299. The van der Waals surface area contributed by atoms with Gasteiger partial charge in [-0.3, -0.25) is 4.79 Å². The monoisotopic (exact) mass is 252 g/mol. The molecule has 100 valence electrons. The zero-order valence-corrected chi connectivity index (χ0v) is 10.6. The van der Waals surface area contributed by atoms with Crippen molar-refractivity contribution in [3.63, 3.8) is 0 Å². The average Bonchev–Trinajstić information content (AvgIpc) is 3.00. The molecule has 3 N–H and O–H groups in total. The Hall–Kier alpha value is -1.50. The Morgan fingerprint density at radius 2 is 2.50 bits per heavy atom. The molecule has 0 saturated carbocycles. The number of hydrogen-bond acceptors (Lipinski definition) is 5. The Labute approximate surface area is 106 Å². The van der Waals surface area contributed by atoms with Gasteiger partial charge >= 0.3 is 0 Å². The molecule has 1 aliphatic rings. The molecule has 2 rings (SSSR count). The van der Waals surface area contributed by atoms with Gasteiger partial charge in [0.2, 0.25) is 5.91 Å². The van der Waals surface area contributed by atoms with Crippen LogP contribution in [-0.4, -0.2) is 39.1 Å². The van der Waals surface area contributed by atoms with Gasteiger partial charge in [0.05, 0.1) is 6.04 Å². The molecular formula is C11H20N6O. The lowest BCUT2D eigenvalue weighted by Crippen LogP contribution is -2.34. The topological polar surface area (TPSA) is 95.6 Å². The van der Waals surface area contributed by atoms with Gasteiger partial charge in [-0.25, -0.2) is 0 Å². The smallest absolute Gasteiger partial charge is 0.222 e. The van der Waals surface area contributed by atoms with Crippen LogP contribution >= 0.6 is 0 Å². The number of nitrogens with zero attached hydrogens (tertiary/aromatic N) is 3. The molecule has 7 heteroatoms. The summed E-state index contributed by atoms with van der Waals surface area (Å²) in [5.74, 6) is 0.613. The van der Waals surface area contributed by atoms with Gasteiger partial charge in [-0.1, -0.05) is 18.6 Å². The molecule has 1 aromatic rings. The van der Waals surface area contributed by atoms with Crippen molar-refractivity contribution in [3.05, 3.63) is 5.82 Å². The number of aromatic nitrogens is 4. The molecule has 0 bridgehead atoms. The Kier molecular flexibility index (Phi) is 4.63. The fourth-order valence-electron chi connectivity index (χ4n) is 2.28. The van der Waals surface area contributed by atoms with Crippen LogP contribution in [0.4, 0.5) is 0 Å². The quantitative estimate of drug-likeness (QED) is 0.676. The van der Waals surface area contributed by atoms with Crippen LogP contribution in [-0.2, 0) is 4.79 Å². The van der Waals surface area contributed by atoms with Gasteiger partial charge < -0.3 is 10.6 Å². The van der Waals surface area contributed by atoms with E-state index in [1.54, 1.807) is 0 Å². The molecule has 1 aromatic heterocycles. The van der Waals surface area contributed by atoms with Crippen molar-refractivity contribution in [2.75, 3.05) is 6.54 Å². The Morgan fingerprint density at radius 1 is 1.61 bits per heavy atom. The van der Waals surface area contributed by atoms with E-state index in [2.05, 4.69) is 38.2 Å². The van der Waals surface area contributed by atoms with E-state index in [0.29, 0.717) is 18.3 Å². The summed E-state index contributed by atoms with van der Waals surface area (Å²) < 4.78 is 0. The molecule has 1 fully saturated rings. The molecule has 0 aliphatic carbocycles. The predicted molar refractivity (Wildman–Crippen MR) is 65.6 cm³/mol. The van der Waals surface area contributed by atoms with Gasteiger partial charge in [0.25, 0.3) is 0 Å². The fourth-order valence-corrected chi connectivity index (χ4v) is 2.28. The summed E-state index contributed by atoms with van der Waals surface area (Å²) in [5, 5.41) is 20.1. The zero-order valence-electron chi connectivity index (χ0n) is 10.6. The maximum Gasteiger partial charge on any atom is 0.222 e. The molecule has 2 atom stereocenters. The van der Waals surface area contributed by atoms with Crippen molar-refractivity contribution >= 4 is 5.91 Å². The fraction of sp³-hybridized carbons (Fsp3) is 0.818. The maximum absolute atomic E-state index is 11.9. The number of H-pyrrole nitrogens is 1. The van der Waals surface area contributed by atoms with Crippen LogP contribution in [0, 0.1) is 0 Å². The maximum atomic E-state index is 11.9. The average molecular weight is 252 g/mol. The lowest BCUT2D eigenvalue weighted by Gasteiger charge is -2.16. The number of amides is 1. The van der Waals surface area contributed by atoms with Crippen molar-refractivity contribution in [2.24, 2.45) is 0 Å². The van der Waals surface area contributed by atoms with Crippen LogP contribution in [0.1, 0.15) is 50.9 Å². The number of rotatable bonds is 6. The van der Waals surface area contributed by atoms with Crippen LogP contribution in [0.3, 0.4) is 0 Å². The summed E-state index contributed by atoms with van der Waals surface area (Å²) in [7, 11) is 0. The minimum absolute atomic E-state index is 0.0534. The highest BCUT2D eigenvalue weighted by atomic mass is 16.1. The summed E-state index contributed by atoms with van der Waals surface area (Å²) in [5.41, 5.74) is 0. The Bertz CT molecular complexity index is 360. The summed E-state index contributed by atoms with van der Waals surface area (Å²) in [6.45, 7) is 3.08. The molecule has 1 aliphatic heterocycles. The molecule has 0 radical (unpaired) electrons. The lowest BCUT2D eigenvalue weighted by molar-refractivity contribution is -0.122. The summed E-state index contributed by atoms with van der Waals surface area (Å²) in [6.07, 6.45) is 4.54. The molecule has 7 nitrogen and oxygen atoms in total. The number of carbonyl (C=O) groups excluding carboxylic acids is 1. The molecule has 1 amide bonds. The van der Waals surface area contributed by atoms with E-state index < -0.39 is 0 Å². The third kappa shape index (κ3) is 3.49. The molecule has 2 heterocycles. The van der Waals surface area contributed by atoms with Crippen LogP contribution in [0.25, 0.3) is 0 Å². The van der Waals surface area contributed by atoms with Gasteiger partial charge in [-0.15, -0.1) is 10.2 Å². The first-order valence-corrected chi connectivity index (χ1v) is 6.55. The van der Waals surface area contributed by atoms with Crippen molar-refractivity contribution in [1.82, 2.24) is 31.3 Å². The number of tetrazole rings is 1. The molecule has 0 aromatic carbocycles. The molecular weight excluding hydrogens is 232 g/mol. The van der Waals surface area contributed by atoms with E-state index in [9.17, 15) is 4.79 Å². The number of nitrogens with one attached hydrogen (secondary N) is 3. The van der Waals surface area contributed by atoms with Crippen LogP contribution in [0.15, 0.2) is 0 Å².